The van der Waals surface area contributed by atoms with Gasteiger partial charge in [-0.3, -0.25) is 4.79 Å². The van der Waals surface area contributed by atoms with Crippen LogP contribution in [0.3, 0.4) is 0 Å². The van der Waals surface area contributed by atoms with Crippen LogP contribution in [0.4, 0.5) is 0 Å². The van der Waals surface area contributed by atoms with Crippen molar-refractivity contribution >= 4 is 33.6 Å². The van der Waals surface area contributed by atoms with Crippen LogP contribution >= 0.6 is 21.6 Å². The molecule has 10 atom stereocenters. The van der Waals surface area contributed by atoms with E-state index >= 15 is 0 Å². The molecule has 8 N–H and O–H groups in total. The average Bonchev–Trinajstić information content (AvgIpc) is 4.15. The molecule has 12 nitrogen and oxygen atoms in total. The van der Waals surface area contributed by atoms with Gasteiger partial charge in [0.05, 0.1) is 36.2 Å². The van der Waals surface area contributed by atoms with E-state index in [1.54, 1.807) is 13.2 Å². The molecule has 8 aliphatic rings. The SMILES string of the molecule is COc1cc(O)cc2c1-c1ccc3c4c1[C@]1(CC[C@@H](CC5=C(C#CCc6c(CNCCCO)c(O)c7c(c6[C@@H](O4)[C@H]3COC(C)=O)C=C[C@H]3N[C@H]4CCC[C@@H](CSS[C@H](Cc6ccccc6)[C@H]3O7)C4)NC(N)C=C5)C1)C2. The lowest BCUT2D eigenvalue weighted by Gasteiger charge is -2.39. The maximum absolute atomic E-state index is 13.2. The van der Waals surface area contributed by atoms with Gasteiger partial charge >= 0.3 is 5.97 Å². The number of carbonyl (C=O) groups excluding carboxylic acids is 1. The van der Waals surface area contributed by atoms with Crippen molar-refractivity contribution < 1.29 is 39.1 Å². The van der Waals surface area contributed by atoms with Crippen LogP contribution in [0.5, 0.6) is 28.7 Å². The highest BCUT2D eigenvalue weighted by Crippen LogP contribution is 2.63. The fourth-order valence-electron chi connectivity index (χ4n) is 14.1. The quantitative estimate of drug-likeness (QED) is 0.0346. The topological polar surface area (TPSA) is 177 Å². The van der Waals surface area contributed by atoms with Gasteiger partial charge in [0, 0.05) is 83.2 Å². The van der Waals surface area contributed by atoms with Gasteiger partial charge in [0.15, 0.2) is 11.5 Å². The summed E-state index contributed by atoms with van der Waals surface area (Å²) >= 11 is 0. The third kappa shape index (κ3) is 9.79. The van der Waals surface area contributed by atoms with Gasteiger partial charge in [-0.2, -0.15) is 0 Å². The summed E-state index contributed by atoms with van der Waals surface area (Å²) in [5.41, 5.74) is 17.4. The number of benzene rings is 4. The van der Waals surface area contributed by atoms with Crippen molar-refractivity contribution in [1.29, 1.82) is 0 Å². The van der Waals surface area contributed by atoms with Crippen LogP contribution in [0.1, 0.15) is 121 Å². The number of nitrogens with one attached hydrogen (secondary N) is 3. The number of methoxy groups -OCH3 is 1. The second kappa shape index (κ2) is 21.7. The minimum atomic E-state index is -0.716. The minimum absolute atomic E-state index is 0.00245. The van der Waals surface area contributed by atoms with Crippen LogP contribution in [0.15, 0.2) is 84.1 Å². The molecule has 1 saturated heterocycles. The Balaban J connectivity index is 1.11. The van der Waals surface area contributed by atoms with Crippen LogP contribution < -0.4 is 35.9 Å². The summed E-state index contributed by atoms with van der Waals surface area (Å²) in [4.78, 5) is 13.0. The lowest BCUT2D eigenvalue weighted by molar-refractivity contribution is -0.141. The zero-order chi connectivity index (χ0) is 52.1. The maximum Gasteiger partial charge on any atom is 0.302 e. The standard InChI is InChI=1S/C62H70N4O8S2/c1-35(68)72-33-48-44-16-17-45-54-40(28-42(69)29-51(54)71-2)31-62-22-21-37(30-62)25-39-15-20-53(63)66-49(39)14-7-13-43-47(32-64-23-8-24-67)57(70)60-46(55(43)58(48)73-59(44)56(45)62)18-19-50-61(74-60)52(27-36-9-4-3-5-10-36)76-75-34-38-11-6-12-41(26-38)65-50/h3-5,9-10,15-20,28-29,37-38,41,48,50,52-53,58,61,64-67,69-70H,6,8,11-13,21-27,30-34,63H2,1-2H3/t37-,38+,41-,48-,50+,52+,53?,58-,61-,62-/m0/s1. The number of aliphatic hydroxyl groups excluding tert-OH is 1. The largest absolute Gasteiger partial charge is 0.508 e. The Kier molecular flexibility index (Phi) is 14.6. The van der Waals surface area contributed by atoms with Crippen molar-refractivity contribution in [3.05, 3.63) is 129 Å². The van der Waals surface area contributed by atoms with Gasteiger partial charge in [-0.05, 0) is 128 Å². The van der Waals surface area contributed by atoms with E-state index in [0.717, 1.165) is 112 Å². The Morgan fingerprint density at radius 3 is 2.76 bits per heavy atom. The molecule has 398 valence electrons. The predicted molar refractivity (Wildman–Crippen MR) is 301 cm³/mol. The highest BCUT2D eigenvalue weighted by atomic mass is 33.1. The molecule has 0 radical (unpaired) electrons. The Morgan fingerprint density at radius 1 is 1.04 bits per heavy atom. The number of carbonyl (C=O) groups is 1. The number of nitrogens with two attached hydrogens (primary N) is 1. The molecule has 5 aliphatic heterocycles. The zero-order valence-corrected chi connectivity index (χ0v) is 45.1. The number of fused-ring (bicyclic) bond motifs is 11. The summed E-state index contributed by atoms with van der Waals surface area (Å²) in [5.74, 6) is 10.3. The van der Waals surface area contributed by atoms with Crippen molar-refractivity contribution in [1.82, 2.24) is 16.0 Å². The first kappa shape index (κ1) is 51.2. The number of hydrogen-bond acceptors (Lipinski definition) is 14. The van der Waals surface area contributed by atoms with Gasteiger partial charge in [0.1, 0.15) is 36.1 Å². The molecule has 0 amide bonds. The summed E-state index contributed by atoms with van der Waals surface area (Å²) in [7, 11) is 5.51. The van der Waals surface area contributed by atoms with E-state index in [9.17, 15) is 20.1 Å². The summed E-state index contributed by atoms with van der Waals surface area (Å²) in [6.07, 6.45) is 17.5. The van der Waals surface area contributed by atoms with E-state index in [2.05, 4.69) is 88.5 Å². The molecule has 4 aromatic carbocycles. The molecule has 3 fully saturated rings. The van der Waals surface area contributed by atoms with Crippen molar-refractivity contribution in [2.75, 3.05) is 32.6 Å². The second-order valence-electron chi connectivity index (χ2n) is 22.4. The molecule has 6 bridgehead atoms. The number of allylic oxidation sites excluding steroid dienone is 3. The first-order chi connectivity index (χ1) is 37.1. The Hall–Kier alpha value is -5.53. The van der Waals surface area contributed by atoms with Gasteiger partial charge in [-0.1, -0.05) is 94.6 Å². The zero-order valence-electron chi connectivity index (χ0n) is 43.5. The Morgan fingerprint density at radius 2 is 1.92 bits per heavy atom. The Labute approximate surface area is 454 Å². The lowest BCUT2D eigenvalue weighted by atomic mass is 9.65. The van der Waals surface area contributed by atoms with Crippen molar-refractivity contribution in [2.24, 2.45) is 17.6 Å². The number of aromatic hydroxyl groups is 2. The third-order valence-electron chi connectivity index (χ3n) is 17.5. The Bertz CT molecular complexity index is 3060. The van der Waals surface area contributed by atoms with Crippen molar-refractivity contribution in [2.45, 2.75) is 138 Å². The monoisotopic (exact) mass is 1060 g/mol. The molecule has 14 heteroatoms. The molecule has 3 aliphatic carbocycles. The third-order valence-corrected chi connectivity index (χ3v) is 20.5. The summed E-state index contributed by atoms with van der Waals surface area (Å²) in [6, 6.07) is 18.7. The highest BCUT2D eigenvalue weighted by molar-refractivity contribution is 8.77. The minimum Gasteiger partial charge on any atom is -0.508 e. The molecule has 0 aromatic heterocycles. The summed E-state index contributed by atoms with van der Waals surface area (Å²) in [6.45, 7) is 2.31. The molecule has 2 saturated carbocycles. The second-order valence-corrected chi connectivity index (χ2v) is 25.1. The van der Waals surface area contributed by atoms with E-state index in [4.69, 9.17) is 24.7 Å². The van der Waals surface area contributed by atoms with Crippen molar-refractivity contribution in [3.8, 4) is 51.7 Å². The number of ether oxygens (including phenoxy) is 4. The fraction of sp³-hybridized carbons (Fsp3) is 0.468. The molecule has 12 rings (SSSR count). The molecule has 1 spiro atoms. The number of hydrogen-bond donors (Lipinski definition) is 7. The summed E-state index contributed by atoms with van der Waals surface area (Å²) in [5, 5.41) is 45.5. The number of aliphatic hydroxyl groups is 1. The van der Waals surface area contributed by atoms with Crippen molar-refractivity contribution in [3.63, 3.8) is 0 Å². The normalized spacial score (nSPS) is 28.7. The number of phenols is 2. The van der Waals surface area contributed by atoms with Crippen LogP contribution in [0.25, 0.3) is 17.2 Å². The molecule has 5 heterocycles. The van der Waals surface area contributed by atoms with E-state index in [1.807, 2.05) is 33.7 Å². The predicted octanol–water partition coefficient (Wildman–Crippen LogP) is 9.57. The van der Waals surface area contributed by atoms with E-state index in [1.165, 1.54) is 25.3 Å². The van der Waals surface area contributed by atoms with Crippen LogP contribution in [-0.2, 0) is 40.8 Å². The molecule has 4 aromatic rings. The molecule has 1 unspecified atom stereocenters. The van der Waals surface area contributed by atoms with Gasteiger partial charge in [-0.25, -0.2) is 0 Å². The van der Waals surface area contributed by atoms with E-state index in [0.29, 0.717) is 54.3 Å². The molecular weight excluding hydrogens is 993 g/mol. The van der Waals surface area contributed by atoms with E-state index < -0.39 is 18.2 Å². The smallest absolute Gasteiger partial charge is 0.302 e. The summed E-state index contributed by atoms with van der Waals surface area (Å²) < 4.78 is 27.6. The van der Waals surface area contributed by atoms with Crippen LogP contribution in [-0.4, -0.2) is 83.5 Å². The molecular formula is C62H70N4O8S2. The number of phenolic OH excluding ortho intramolecular Hbond substituents is 2. The fourth-order valence-corrected chi connectivity index (χ4v) is 17.3. The number of esters is 1. The number of rotatable bonds is 10. The van der Waals surface area contributed by atoms with Crippen LogP contribution in [0.2, 0.25) is 0 Å². The average molecular weight is 1060 g/mol. The first-order valence-corrected chi connectivity index (χ1v) is 29.9. The van der Waals surface area contributed by atoms with E-state index in [-0.39, 0.29) is 66.5 Å². The number of dihydropyridines is 1. The lowest BCUT2D eigenvalue weighted by Crippen LogP contribution is -2.52. The van der Waals surface area contributed by atoms with Crippen LogP contribution in [0, 0.1) is 23.7 Å². The van der Waals surface area contributed by atoms with Gasteiger partial charge in [0.2, 0.25) is 0 Å². The van der Waals surface area contributed by atoms with Gasteiger partial charge in [-0.15, -0.1) is 0 Å². The van der Waals surface area contributed by atoms with Gasteiger partial charge < -0.3 is 56.0 Å². The first-order valence-electron chi connectivity index (χ1n) is 27.5. The maximum atomic E-state index is 13.2. The van der Waals surface area contributed by atoms with Gasteiger partial charge in [0.25, 0.3) is 0 Å². The highest BCUT2D eigenvalue weighted by Gasteiger charge is 2.52. The molecule has 76 heavy (non-hydrogen) atoms.